The molecule has 1 nitrogen and oxygen atoms in total. The number of hydrogen-bond acceptors (Lipinski definition) is 1. The van der Waals surface area contributed by atoms with Crippen LogP contribution in [0.1, 0.15) is 34.7 Å². The molecule has 1 heteroatoms. The number of benzene rings is 6. The van der Waals surface area contributed by atoms with Crippen molar-refractivity contribution in [2.45, 2.75) is 12.3 Å². The lowest BCUT2D eigenvalue weighted by atomic mass is 9.65. The predicted molar refractivity (Wildman–Crippen MR) is 177 cm³/mol. The van der Waals surface area contributed by atoms with Crippen molar-refractivity contribution in [3.63, 3.8) is 0 Å². The van der Waals surface area contributed by atoms with E-state index in [0.29, 0.717) is 0 Å². The van der Waals surface area contributed by atoms with Crippen LogP contribution in [0.3, 0.4) is 0 Å². The molecule has 200 valence electrons. The zero-order chi connectivity index (χ0) is 28.7. The second-order valence-electron chi connectivity index (χ2n) is 11.5. The summed E-state index contributed by atoms with van der Waals surface area (Å²) in [7, 11) is 0. The van der Waals surface area contributed by atoms with Gasteiger partial charge in [0.15, 0.2) is 0 Å². The average Bonchev–Trinajstić information content (AvgIpc) is 3.53. The third kappa shape index (κ3) is 2.98. The van der Waals surface area contributed by atoms with Gasteiger partial charge in [0.05, 0.1) is 5.41 Å². The summed E-state index contributed by atoms with van der Waals surface area (Å²) in [4.78, 5) is 0. The van der Waals surface area contributed by atoms with Crippen LogP contribution in [0.25, 0.3) is 49.7 Å². The molecule has 6 aromatic rings. The lowest BCUT2D eigenvalue weighted by Crippen LogP contribution is -2.32. The third-order valence-electron chi connectivity index (χ3n) is 9.55. The van der Waals surface area contributed by atoms with Crippen molar-refractivity contribution in [1.82, 2.24) is 0 Å². The van der Waals surface area contributed by atoms with Gasteiger partial charge in [0.1, 0.15) is 11.5 Å². The Morgan fingerprint density at radius 2 is 1.23 bits per heavy atom. The van der Waals surface area contributed by atoms with Crippen LogP contribution in [0.2, 0.25) is 0 Å². The zero-order valence-corrected chi connectivity index (χ0v) is 23.7. The van der Waals surface area contributed by atoms with Crippen LogP contribution in [0, 0.1) is 12.3 Å². The minimum atomic E-state index is -0.511. The summed E-state index contributed by atoms with van der Waals surface area (Å²) in [5.74, 6) is 4.49. The van der Waals surface area contributed by atoms with E-state index in [2.05, 4.69) is 134 Å². The SMILES string of the molecule is C#C/C=C\C(=C/C)c1cc2c3c(cc4c(c3c1)-c1ccccc1C41c3ccccc3Oc3ccccc31)-c1ccccc1-2. The van der Waals surface area contributed by atoms with E-state index in [1.165, 1.54) is 72.0 Å². The van der Waals surface area contributed by atoms with E-state index in [-0.39, 0.29) is 0 Å². The lowest BCUT2D eigenvalue weighted by molar-refractivity contribution is 0.436. The smallest absolute Gasteiger partial charge is 0.132 e. The fraction of sp³-hybridized carbons (Fsp3) is 0.0476. The van der Waals surface area contributed by atoms with Gasteiger partial charge in [-0.1, -0.05) is 96.9 Å². The molecule has 6 aromatic carbocycles. The molecule has 9 rings (SSSR count). The summed E-state index contributed by atoms with van der Waals surface area (Å²) in [5.41, 5.74) is 14.4. The molecule has 1 heterocycles. The Hall–Kier alpha value is -5.58. The summed E-state index contributed by atoms with van der Waals surface area (Å²) in [6.07, 6.45) is 11.6. The van der Waals surface area contributed by atoms with E-state index >= 15 is 0 Å². The fourth-order valence-corrected chi connectivity index (χ4v) is 7.94. The van der Waals surface area contributed by atoms with Crippen molar-refractivity contribution in [3.05, 3.63) is 161 Å². The molecule has 0 aromatic heterocycles. The summed E-state index contributed by atoms with van der Waals surface area (Å²) in [5, 5.41) is 2.59. The van der Waals surface area contributed by atoms with Crippen molar-refractivity contribution < 1.29 is 4.74 Å². The lowest BCUT2D eigenvalue weighted by Gasteiger charge is -2.39. The van der Waals surface area contributed by atoms with Gasteiger partial charge < -0.3 is 4.74 Å². The summed E-state index contributed by atoms with van der Waals surface area (Å²) >= 11 is 0. The Morgan fingerprint density at radius 1 is 0.651 bits per heavy atom. The van der Waals surface area contributed by atoms with Crippen LogP contribution in [-0.2, 0) is 5.41 Å². The first-order valence-electron chi connectivity index (χ1n) is 14.8. The van der Waals surface area contributed by atoms with Crippen molar-refractivity contribution in [3.8, 4) is 57.2 Å². The van der Waals surface area contributed by atoms with Crippen molar-refractivity contribution in [1.29, 1.82) is 0 Å². The highest BCUT2D eigenvalue weighted by Crippen LogP contribution is 2.65. The van der Waals surface area contributed by atoms with Crippen LogP contribution >= 0.6 is 0 Å². The van der Waals surface area contributed by atoms with E-state index < -0.39 is 5.41 Å². The number of fused-ring (bicyclic) bond motifs is 13. The Kier molecular flexibility index (Phi) is 4.87. The third-order valence-corrected chi connectivity index (χ3v) is 9.55. The van der Waals surface area contributed by atoms with Gasteiger partial charge in [0.2, 0.25) is 0 Å². The maximum atomic E-state index is 6.58. The number of para-hydroxylation sites is 2. The highest BCUT2D eigenvalue weighted by Gasteiger charge is 2.52. The first-order chi connectivity index (χ1) is 21.3. The van der Waals surface area contributed by atoms with Crippen molar-refractivity contribution in [2.24, 2.45) is 0 Å². The molecule has 0 saturated carbocycles. The van der Waals surface area contributed by atoms with Crippen molar-refractivity contribution in [2.75, 3.05) is 0 Å². The topological polar surface area (TPSA) is 9.23 Å². The second-order valence-corrected chi connectivity index (χ2v) is 11.5. The molecule has 43 heavy (non-hydrogen) atoms. The molecule has 0 fully saturated rings. The Bertz CT molecular complexity index is 2240. The largest absolute Gasteiger partial charge is 0.457 e. The van der Waals surface area contributed by atoms with Gasteiger partial charge in [-0.05, 0) is 116 Å². The number of hydrogen-bond donors (Lipinski definition) is 0. The maximum absolute atomic E-state index is 6.58. The van der Waals surface area contributed by atoms with Crippen LogP contribution in [0.15, 0.2) is 133 Å². The monoisotopic (exact) mass is 546 g/mol. The molecule has 0 bridgehead atoms. The second kappa shape index (κ2) is 8.71. The van der Waals surface area contributed by atoms with Gasteiger partial charge in [0, 0.05) is 11.1 Å². The van der Waals surface area contributed by atoms with Gasteiger partial charge in [-0.3, -0.25) is 0 Å². The highest BCUT2D eigenvalue weighted by atomic mass is 16.5. The van der Waals surface area contributed by atoms with Gasteiger partial charge >= 0.3 is 0 Å². The molecule has 2 aliphatic carbocycles. The molecular formula is C42H26O. The van der Waals surface area contributed by atoms with Gasteiger partial charge in [-0.15, -0.1) is 6.42 Å². The minimum absolute atomic E-state index is 0.511. The fourth-order valence-electron chi connectivity index (χ4n) is 7.94. The van der Waals surface area contributed by atoms with E-state index in [1.54, 1.807) is 6.08 Å². The molecule has 0 amide bonds. The molecule has 0 unspecified atom stereocenters. The minimum Gasteiger partial charge on any atom is -0.457 e. The van der Waals surface area contributed by atoms with Crippen molar-refractivity contribution >= 4 is 16.3 Å². The molecule has 0 radical (unpaired) electrons. The first kappa shape index (κ1) is 24.1. The van der Waals surface area contributed by atoms with Gasteiger partial charge in [-0.25, -0.2) is 0 Å². The van der Waals surface area contributed by atoms with Gasteiger partial charge in [-0.2, -0.15) is 0 Å². The quantitative estimate of drug-likeness (QED) is 0.155. The van der Waals surface area contributed by atoms with E-state index in [9.17, 15) is 0 Å². The number of allylic oxidation sites excluding steroid dienone is 4. The highest BCUT2D eigenvalue weighted by molar-refractivity contribution is 6.21. The molecule has 1 spiro atoms. The van der Waals surface area contributed by atoms with Gasteiger partial charge in [0.25, 0.3) is 0 Å². The predicted octanol–water partition coefficient (Wildman–Crippen LogP) is 10.5. The van der Waals surface area contributed by atoms with E-state index in [1.807, 2.05) is 6.08 Å². The van der Waals surface area contributed by atoms with Crippen LogP contribution in [0.5, 0.6) is 11.5 Å². The average molecular weight is 547 g/mol. The number of rotatable bonds is 2. The molecular weight excluding hydrogens is 520 g/mol. The molecule has 0 atom stereocenters. The Morgan fingerprint density at radius 3 is 1.88 bits per heavy atom. The molecule has 1 aliphatic heterocycles. The maximum Gasteiger partial charge on any atom is 0.132 e. The standard InChI is InChI=1S/C42H26O/c1-3-5-14-26(4-2)27-23-31-28-15-6-7-16-29(28)32-25-37-41(33(24-27)40(31)32)30-17-8-9-18-34(30)42(37)35-19-10-12-21-38(35)43-39-22-13-11-20-36(39)42/h1,4-25H,2H3/b14-5-,26-4+. The summed E-state index contributed by atoms with van der Waals surface area (Å²) < 4.78 is 6.58. The first-order valence-corrected chi connectivity index (χ1v) is 14.8. The van der Waals surface area contributed by atoms with E-state index in [0.717, 1.165) is 17.1 Å². The molecule has 0 N–H and O–H groups in total. The van der Waals surface area contributed by atoms with Crippen LogP contribution in [0.4, 0.5) is 0 Å². The molecule has 3 aliphatic rings. The molecule has 0 saturated heterocycles. The Labute approximate surface area is 251 Å². The van der Waals surface area contributed by atoms with Crippen LogP contribution in [-0.4, -0.2) is 0 Å². The van der Waals surface area contributed by atoms with E-state index in [4.69, 9.17) is 11.2 Å². The summed E-state index contributed by atoms with van der Waals surface area (Å²) in [6.45, 7) is 2.08. The zero-order valence-electron chi connectivity index (χ0n) is 23.7. The summed E-state index contributed by atoms with van der Waals surface area (Å²) in [6, 6.07) is 42.1. The van der Waals surface area contributed by atoms with Crippen LogP contribution < -0.4 is 4.74 Å². The number of terminal acetylenes is 1. The Balaban J connectivity index is 1.51. The normalized spacial score (nSPS) is 14.6. The number of ether oxygens (including phenoxy) is 1.